The third-order valence-electron chi connectivity index (χ3n) is 4.51. The van der Waals surface area contributed by atoms with Gasteiger partial charge in [-0.1, -0.05) is 57.4 Å². The summed E-state index contributed by atoms with van der Waals surface area (Å²) >= 11 is 0. The Morgan fingerprint density at radius 1 is 1.15 bits per heavy atom. The van der Waals surface area contributed by atoms with Gasteiger partial charge >= 0.3 is 0 Å². The zero-order valence-electron chi connectivity index (χ0n) is 12.8. The second-order valence-corrected chi connectivity index (χ2v) is 6.45. The Balaban J connectivity index is 1.99. The number of carbonyl (C=O) groups excluding carboxylic acids is 1. The van der Waals surface area contributed by atoms with E-state index in [1.807, 2.05) is 0 Å². The first-order valence-corrected chi connectivity index (χ1v) is 7.95. The molecule has 0 saturated heterocycles. The van der Waals surface area contributed by atoms with Gasteiger partial charge < -0.3 is 5.73 Å². The standard InChI is InChI=1S/C18H27NO/c1-13(2)15-10-8-14(9-11-15)12-18(20)16-6-4-3-5-7-17(16)19/h8-11,13,16-17H,3-7,12,19H2,1-2H3. The van der Waals surface area contributed by atoms with Crippen LogP contribution in [0.2, 0.25) is 0 Å². The van der Waals surface area contributed by atoms with Gasteiger partial charge in [-0.3, -0.25) is 4.79 Å². The number of Topliss-reactive ketones (excluding diaryl/α,β-unsaturated/α-hetero) is 1. The molecule has 2 unspecified atom stereocenters. The van der Waals surface area contributed by atoms with Crippen LogP contribution in [0.25, 0.3) is 0 Å². The summed E-state index contributed by atoms with van der Waals surface area (Å²) in [5, 5.41) is 0. The molecule has 1 aromatic rings. The summed E-state index contributed by atoms with van der Waals surface area (Å²) < 4.78 is 0. The van der Waals surface area contributed by atoms with Gasteiger partial charge in [-0.25, -0.2) is 0 Å². The van der Waals surface area contributed by atoms with Crippen molar-refractivity contribution in [3.63, 3.8) is 0 Å². The molecule has 0 bridgehead atoms. The maximum atomic E-state index is 12.5. The maximum Gasteiger partial charge on any atom is 0.141 e. The Hall–Kier alpha value is -1.15. The van der Waals surface area contributed by atoms with E-state index in [-0.39, 0.29) is 12.0 Å². The van der Waals surface area contributed by atoms with Crippen molar-refractivity contribution in [3.8, 4) is 0 Å². The highest BCUT2D eigenvalue weighted by atomic mass is 16.1. The third-order valence-corrected chi connectivity index (χ3v) is 4.51. The van der Waals surface area contributed by atoms with E-state index in [2.05, 4.69) is 38.1 Å². The Morgan fingerprint density at radius 2 is 1.80 bits per heavy atom. The first-order valence-electron chi connectivity index (χ1n) is 7.95. The van der Waals surface area contributed by atoms with E-state index >= 15 is 0 Å². The molecule has 20 heavy (non-hydrogen) atoms. The van der Waals surface area contributed by atoms with E-state index < -0.39 is 0 Å². The normalized spacial score (nSPS) is 23.6. The van der Waals surface area contributed by atoms with E-state index in [1.165, 1.54) is 18.4 Å². The van der Waals surface area contributed by atoms with Gasteiger partial charge in [0, 0.05) is 18.4 Å². The van der Waals surface area contributed by atoms with Crippen molar-refractivity contribution in [3.05, 3.63) is 35.4 Å². The molecule has 2 atom stereocenters. The Morgan fingerprint density at radius 3 is 2.45 bits per heavy atom. The van der Waals surface area contributed by atoms with Gasteiger partial charge in [0.15, 0.2) is 0 Å². The number of hydrogen-bond donors (Lipinski definition) is 1. The molecular formula is C18H27NO. The number of rotatable bonds is 4. The minimum absolute atomic E-state index is 0.0694. The molecule has 110 valence electrons. The molecule has 1 saturated carbocycles. The van der Waals surface area contributed by atoms with Crippen molar-refractivity contribution >= 4 is 5.78 Å². The van der Waals surface area contributed by atoms with Crippen LogP contribution in [0.1, 0.15) is 63.0 Å². The van der Waals surface area contributed by atoms with Crippen molar-refractivity contribution in [2.45, 2.75) is 64.3 Å². The fraction of sp³-hybridized carbons (Fsp3) is 0.611. The monoisotopic (exact) mass is 273 g/mol. The zero-order chi connectivity index (χ0) is 14.5. The van der Waals surface area contributed by atoms with Crippen LogP contribution in [0.4, 0.5) is 0 Å². The highest BCUT2D eigenvalue weighted by molar-refractivity contribution is 5.84. The van der Waals surface area contributed by atoms with Gasteiger partial charge in [0.05, 0.1) is 0 Å². The molecular weight excluding hydrogens is 246 g/mol. The molecule has 0 spiro atoms. The van der Waals surface area contributed by atoms with Crippen molar-refractivity contribution < 1.29 is 4.79 Å². The second-order valence-electron chi connectivity index (χ2n) is 6.45. The average molecular weight is 273 g/mol. The lowest BCUT2D eigenvalue weighted by Gasteiger charge is -2.20. The molecule has 2 nitrogen and oxygen atoms in total. The summed E-state index contributed by atoms with van der Waals surface area (Å²) in [6.07, 6.45) is 6.06. The molecule has 2 N–H and O–H groups in total. The summed E-state index contributed by atoms with van der Waals surface area (Å²) in [4.78, 5) is 12.5. The highest BCUT2D eigenvalue weighted by Gasteiger charge is 2.26. The Labute approximate surface area is 122 Å². The number of hydrogen-bond acceptors (Lipinski definition) is 2. The van der Waals surface area contributed by atoms with Crippen LogP contribution in [0, 0.1) is 5.92 Å². The molecule has 1 aliphatic carbocycles. The molecule has 2 rings (SSSR count). The SMILES string of the molecule is CC(C)c1ccc(CC(=O)C2CCCCCC2N)cc1. The molecule has 0 aliphatic heterocycles. The quantitative estimate of drug-likeness (QED) is 0.847. The summed E-state index contributed by atoms with van der Waals surface area (Å²) in [5.41, 5.74) is 8.62. The minimum Gasteiger partial charge on any atom is -0.327 e. The summed E-state index contributed by atoms with van der Waals surface area (Å²) in [7, 11) is 0. The molecule has 0 amide bonds. The predicted molar refractivity (Wildman–Crippen MR) is 83.8 cm³/mol. The summed E-state index contributed by atoms with van der Waals surface area (Å²) in [6.45, 7) is 4.37. The van der Waals surface area contributed by atoms with E-state index in [0.29, 0.717) is 18.1 Å². The van der Waals surface area contributed by atoms with E-state index in [4.69, 9.17) is 5.73 Å². The van der Waals surface area contributed by atoms with E-state index in [1.54, 1.807) is 0 Å². The molecule has 1 fully saturated rings. The fourth-order valence-corrected chi connectivity index (χ4v) is 3.09. The van der Waals surface area contributed by atoms with Gasteiger partial charge in [0.1, 0.15) is 5.78 Å². The molecule has 2 heteroatoms. The lowest BCUT2D eigenvalue weighted by atomic mass is 9.88. The summed E-state index contributed by atoms with van der Waals surface area (Å²) in [5.74, 6) is 0.939. The lowest BCUT2D eigenvalue weighted by molar-refractivity contribution is -0.123. The number of benzene rings is 1. The zero-order valence-corrected chi connectivity index (χ0v) is 12.8. The minimum atomic E-state index is 0.0694. The van der Waals surface area contributed by atoms with Crippen LogP contribution >= 0.6 is 0 Å². The van der Waals surface area contributed by atoms with Gasteiger partial charge in [-0.15, -0.1) is 0 Å². The topological polar surface area (TPSA) is 43.1 Å². The Kier molecular flexibility index (Phi) is 5.36. The van der Waals surface area contributed by atoms with Crippen molar-refractivity contribution in [1.29, 1.82) is 0 Å². The highest BCUT2D eigenvalue weighted by Crippen LogP contribution is 2.24. The number of nitrogens with two attached hydrogens (primary N) is 1. The molecule has 1 aromatic carbocycles. The van der Waals surface area contributed by atoms with Crippen LogP contribution in [-0.2, 0) is 11.2 Å². The Bertz CT molecular complexity index is 435. The van der Waals surface area contributed by atoms with Gasteiger partial charge in [-0.05, 0) is 29.9 Å². The third kappa shape index (κ3) is 3.92. The maximum absolute atomic E-state index is 12.5. The fourth-order valence-electron chi connectivity index (χ4n) is 3.09. The van der Waals surface area contributed by atoms with Crippen LogP contribution in [-0.4, -0.2) is 11.8 Å². The number of carbonyl (C=O) groups is 1. The van der Waals surface area contributed by atoms with Crippen LogP contribution in [0.5, 0.6) is 0 Å². The molecule has 0 aromatic heterocycles. The molecule has 0 radical (unpaired) electrons. The summed E-state index contributed by atoms with van der Waals surface area (Å²) in [6, 6.07) is 8.53. The van der Waals surface area contributed by atoms with Crippen molar-refractivity contribution in [2.24, 2.45) is 11.7 Å². The first kappa shape index (κ1) is 15.2. The van der Waals surface area contributed by atoms with Crippen molar-refractivity contribution in [1.82, 2.24) is 0 Å². The molecule has 1 aliphatic rings. The second kappa shape index (κ2) is 7.03. The lowest BCUT2D eigenvalue weighted by Crippen LogP contribution is -2.35. The van der Waals surface area contributed by atoms with Gasteiger partial charge in [-0.2, -0.15) is 0 Å². The molecule has 0 heterocycles. The largest absolute Gasteiger partial charge is 0.327 e. The van der Waals surface area contributed by atoms with E-state index in [9.17, 15) is 4.79 Å². The smallest absolute Gasteiger partial charge is 0.141 e. The van der Waals surface area contributed by atoms with Crippen molar-refractivity contribution in [2.75, 3.05) is 0 Å². The van der Waals surface area contributed by atoms with Crippen LogP contribution in [0.3, 0.4) is 0 Å². The van der Waals surface area contributed by atoms with Gasteiger partial charge in [0.25, 0.3) is 0 Å². The first-order chi connectivity index (χ1) is 9.58. The number of ketones is 1. The van der Waals surface area contributed by atoms with E-state index in [0.717, 1.165) is 24.8 Å². The average Bonchev–Trinajstić information content (AvgIpc) is 2.64. The predicted octanol–water partition coefficient (Wildman–Crippen LogP) is 3.83. The van der Waals surface area contributed by atoms with Gasteiger partial charge in [0.2, 0.25) is 0 Å². The van der Waals surface area contributed by atoms with Crippen LogP contribution in [0.15, 0.2) is 24.3 Å². The van der Waals surface area contributed by atoms with Crippen LogP contribution < -0.4 is 5.73 Å².